The Morgan fingerprint density at radius 2 is 1.79 bits per heavy atom. The number of aryl methyl sites for hydroxylation is 2. The second kappa shape index (κ2) is 22.7. The van der Waals surface area contributed by atoms with Crippen molar-refractivity contribution in [1.29, 1.82) is 0 Å². The molecule has 1 atom stereocenters. The predicted octanol–water partition coefficient (Wildman–Crippen LogP) is 12.3. The Balaban J connectivity index is 0.00000243. The van der Waals surface area contributed by atoms with Crippen molar-refractivity contribution in [2.75, 3.05) is 32.7 Å². The summed E-state index contributed by atoms with van der Waals surface area (Å²) in [7, 11) is 0. The molecule has 0 spiro atoms. The van der Waals surface area contributed by atoms with Crippen molar-refractivity contribution in [2.45, 2.75) is 85.6 Å². The molecule has 2 aromatic rings. The third-order valence-corrected chi connectivity index (χ3v) is 10.2. The fourth-order valence-electron chi connectivity index (χ4n) is 6.91. The molecule has 0 radical (unpaired) electrons. The minimum atomic E-state index is -0.266. The Kier molecular flexibility index (Phi) is 18.5. The molecule has 3 nitrogen and oxygen atoms in total. The molecule has 2 aromatic carbocycles. The average Bonchev–Trinajstić information content (AvgIpc) is 3.14. The van der Waals surface area contributed by atoms with Crippen LogP contribution < -0.4 is 0 Å². The molecule has 1 aliphatic heterocycles. The molecule has 0 amide bonds. The van der Waals surface area contributed by atoms with Crippen LogP contribution in [-0.4, -0.2) is 53.5 Å². The molecule has 1 unspecified atom stereocenters. The van der Waals surface area contributed by atoms with E-state index in [1.165, 1.54) is 33.9 Å². The van der Waals surface area contributed by atoms with E-state index in [1.54, 1.807) is 18.2 Å². The lowest BCUT2D eigenvalue weighted by molar-refractivity contribution is 0.161. The number of allylic oxidation sites excluding steroid dienone is 10. The molecule has 0 N–H and O–H groups in total. The highest BCUT2D eigenvalue weighted by molar-refractivity contribution is 6.30. The molecule has 1 aliphatic carbocycles. The van der Waals surface area contributed by atoms with Crippen molar-refractivity contribution >= 4 is 11.6 Å². The second-order valence-electron chi connectivity index (χ2n) is 13.8. The van der Waals surface area contributed by atoms with E-state index in [2.05, 4.69) is 136 Å². The summed E-state index contributed by atoms with van der Waals surface area (Å²) >= 11 is 6.02. The Morgan fingerprint density at radius 3 is 2.43 bits per heavy atom. The summed E-state index contributed by atoms with van der Waals surface area (Å²) in [6.45, 7) is 31.7. The van der Waals surface area contributed by atoms with Gasteiger partial charge in [0, 0.05) is 54.7 Å². The minimum absolute atomic E-state index is 0.0125. The molecule has 5 heteroatoms. The first-order valence-electron chi connectivity index (χ1n) is 19.3. The van der Waals surface area contributed by atoms with Crippen molar-refractivity contribution in [3.05, 3.63) is 179 Å². The smallest absolute Gasteiger partial charge is 0.127 e. The first-order chi connectivity index (χ1) is 25.6. The molecule has 0 bridgehead atoms. The second-order valence-corrected chi connectivity index (χ2v) is 14.2. The Bertz CT molecular complexity index is 1710. The minimum Gasteiger partial charge on any atom is -0.375 e. The van der Waals surface area contributed by atoms with Gasteiger partial charge in [0.05, 0.1) is 12.6 Å². The predicted molar refractivity (Wildman–Crippen MR) is 230 cm³/mol. The van der Waals surface area contributed by atoms with E-state index < -0.39 is 0 Å². The summed E-state index contributed by atoms with van der Waals surface area (Å²) in [5.74, 6) is -0.266. The van der Waals surface area contributed by atoms with Crippen molar-refractivity contribution in [2.24, 2.45) is 0 Å². The molecule has 0 saturated carbocycles. The molecule has 4 rings (SSSR count). The normalized spacial score (nSPS) is 16.2. The highest BCUT2D eigenvalue weighted by Gasteiger charge is 2.32. The summed E-state index contributed by atoms with van der Waals surface area (Å²) < 4.78 is 14.7. The summed E-state index contributed by atoms with van der Waals surface area (Å²) in [4.78, 5) is 7.10. The van der Waals surface area contributed by atoms with Crippen molar-refractivity contribution in [3.63, 3.8) is 0 Å². The van der Waals surface area contributed by atoms with Gasteiger partial charge in [0.2, 0.25) is 0 Å². The highest BCUT2D eigenvalue weighted by Crippen LogP contribution is 2.31. The van der Waals surface area contributed by atoms with Gasteiger partial charge in [-0.1, -0.05) is 117 Å². The average molecular weight is 737 g/mol. The summed E-state index contributed by atoms with van der Waals surface area (Å²) in [5.41, 5.74) is 10.5. The van der Waals surface area contributed by atoms with Crippen LogP contribution in [0.2, 0.25) is 5.02 Å². The van der Waals surface area contributed by atoms with Crippen LogP contribution in [0, 0.1) is 12.7 Å². The van der Waals surface area contributed by atoms with Gasteiger partial charge in [-0.2, -0.15) is 0 Å². The van der Waals surface area contributed by atoms with E-state index in [0.717, 1.165) is 75.3 Å². The van der Waals surface area contributed by atoms with Gasteiger partial charge in [-0.25, -0.2) is 4.39 Å². The molecule has 1 fully saturated rings. The maximum Gasteiger partial charge on any atom is 0.127 e. The van der Waals surface area contributed by atoms with Crippen LogP contribution in [0.5, 0.6) is 0 Å². The van der Waals surface area contributed by atoms with Crippen LogP contribution in [0.4, 0.5) is 4.39 Å². The first-order valence-corrected chi connectivity index (χ1v) is 19.7. The number of likely N-dealkylation sites (N-methyl/N-ethyl adjacent to an activating group) is 1. The lowest BCUT2D eigenvalue weighted by Gasteiger charge is -2.47. The molecule has 1 heterocycles. The highest BCUT2D eigenvalue weighted by atomic mass is 35.5. The maximum atomic E-state index is 14.7. The lowest BCUT2D eigenvalue weighted by atomic mass is 9.98. The Hall–Kier alpha value is -4.28. The molecule has 1 saturated heterocycles. The summed E-state index contributed by atoms with van der Waals surface area (Å²) in [6.07, 6.45) is 25.9. The Morgan fingerprint density at radius 1 is 1.04 bits per heavy atom. The fraction of sp³-hybridized carbons (Fsp3) is 0.375. The third-order valence-electron chi connectivity index (χ3n) is 9.96. The zero-order valence-corrected chi connectivity index (χ0v) is 33.9. The number of halogens is 2. The van der Waals surface area contributed by atoms with Crippen molar-refractivity contribution < 1.29 is 4.39 Å². The van der Waals surface area contributed by atoms with E-state index in [-0.39, 0.29) is 11.9 Å². The van der Waals surface area contributed by atoms with Crippen LogP contribution in [0.25, 0.3) is 0 Å². The molecule has 2 aliphatic rings. The van der Waals surface area contributed by atoms with E-state index in [0.29, 0.717) is 30.1 Å². The standard InChI is InChI=1S/C45H57ClFN3.C3H6/c1-8-17-40(41-19-13-11-14-20-41)18-15-12-16-27-50-36(6)33-49(29-26-42-23-24-43(46)32-44(42)47)37(7)45(50)31-35(5)48(10-3)28-25-39-22-21-38(9-2)30-34(39)4;1-3-2/h8,12-13,15,17-24,30,32,45H,5-7,9-11,14,16,25-29,31,33H2,1-4H3;3H,1H2,2H3/b15-12+,17-8-,40-18+;. The summed E-state index contributed by atoms with van der Waals surface area (Å²) in [5, 5.41) is 0.412. The van der Waals surface area contributed by atoms with Crippen LogP contribution >= 0.6 is 11.6 Å². The van der Waals surface area contributed by atoms with Crippen LogP contribution in [0.15, 0.2) is 146 Å². The summed E-state index contributed by atoms with van der Waals surface area (Å²) in [6, 6.07) is 11.8. The number of rotatable bonds is 17. The van der Waals surface area contributed by atoms with Crippen molar-refractivity contribution in [1.82, 2.24) is 14.7 Å². The topological polar surface area (TPSA) is 9.72 Å². The number of hydrogen-bond acceptors (Lipinski definition) is 3. The first kappa shape index (κ1) is 43.1. The zero-order chi connectivity index (χ0) is 38.8. The monoisotopic (exact) mass is 735 g/mol. The van der Waals surface area contributed by atoms with E-state index in [4.69, 9.17) is 11.6 Å². The third kappa shape index (κ3) is 13.3. The largest absolute Gasteiger partial charge is 0.375 e. The number of nitrogens with zero attached hydrogens (tertiary/aromatic N) is 3. The van der Waals surface area contributed by atoms with E-state index in [1.807, 2.05) is 6.92 Å². The molecule has 0 aromatic heterocycles. The molecular formula is C48H63ClFN3. The van der Waals surface area contributed by atoms with E-state index in [9.17, 15) is 4.39 Å². The SMILES string of the molecule is C=C(CC1C(=C)N(CCc2ccc(Cl)cc2F)CC(=C)N1CC/C=C/C=C(\C=C/C)C1=CCCC=C1)N(CC)CCc1ccc(CC)cc1C.C=CC. The van der Waals surface area contributed by atoms with E-state index >= 15 is 0 Å². The van der Waals surface area contributed by atoms with Gasteiger partial charge in [0.1, 0.15) is 5.82 Å². The molecular weight excluding hydrogens is 673 g/mol. The number of piperazine rings is 1. The van der Waals surface area contributed by atoms with Gasteiger partial charge < -0.3 is 14.7 Å². The van der Waals surface area contributed by atoms with Crippen LogP contribution in [-0.2, 0) is 19.3 Å². The number of benzene rings is 2. The van der Waals surface area contributed by atoms with Gasteiger partial charge in [-0.05, 0) is 112 Å². The van der Waals surface area contributed by atoms with Gasteiger partial charge in [0.15, 0.2) is 0 Å². The van der Waals surface area contributed by atoms with Gasteiger partial charge in [-0.15, -0.1) is 6.58 Å². The fourth-order valence-corrected chi connectivity index (χ4v) is 7.07. The van der Waals surface area contributed by atoms with Gasteiger partial charge >= 0.3 is 0 Å². The van der Waals surface area contributed by atoms with Crippen LogP contribution in [0.3, 0.4) is 0 Å². The number of hydrogen-bond donors (Lipinski definition) is 0. The van der Waals surface area contributed by atoms with Crippen molar-refractivity contribution in [3.8, 4) is 0 Å². The zero-order valence-electron chi connectivity index (χ0n) is 33.1. The van der Waals surface area contributed by atoms with Gasteiger partial charge in [0.25, 0.3) is 0 Å². The Labute approximate surface area is 326 Å². The van der Waals surface area contributed by atoms with Crippen LogP contribution in [0.1, 0.15) is 75.6 Å². The maximum absolute atomic E-state index is 14.7. The molecule has 284 valence electrons. The lowest BCUT2D eigenvalue weighted by Crippen LogP contribution is -2.50. The quantitative estimate of drug-likeness (QED) is 0.118. The van der Waals surface area contributed by atoms with Gasteiger partial charge in [-0.3, -0.25) is 0 Å². The molecule has 53 heavy (non-hydrogen) atoms.